The molecule has 0 radical (unpaired) electrons. The highest BCUT2D eigenvalue weighted by molar-refractivity contribution is 5.79. The van der Waals surface area contributed by atoms with E-state index in [-0.39, 0.29) is 11.8 Å². The van der Waals surface area contributed by atoms with Crippen molar-refractivity contribution in [2.75, 3.05) is 12.4 Å². The van der Waals surface area contributed by atoms with Gasteiger partial charge in [-0.05, 0) is 31.0 Å². The van der Waals surface area contributed by atoms with Crippen LogP contribution in [-0.2, 0) is 9.53 Å². The Bertz CT molecular complexity index is 379. The fraction of sp³-hybridized carbons (Fsp3) is 0.417. The van der Waals surface area contributed by atoms with Gasteiger partial charge in [-0.3, -0.25) is 0 Å². The molecule has 1 rings (SSSR count). The van der Waals surface area contributed by atoms with Gasteiger partial charge in [-0.2, -0.15) is 0 Å². The second kappa shape index (κ2) is 5.49. The summed E-state index contributed by atoms with van der Waals surface area (Å²) in [5.41, 5.74) is 1.26. The third kappa shape index (κ3) is 2.95. The number of methoxy groups -OCH3 is 1. The van der Waals surface area contributed by atoms with Crippen molar-refractivity contribution in [3.8, 4) is 0 Å². The molecule has 0 heterocycles. The zero-order chi connectivity index (χ0) is 12.1. The van der Waals surface area contributed by atoms with Crippen molar-refractivity contribution in [2.45, 2.75) is 26.3 Å². The maximum atomic E-state index is 13.4. The first-order valence-corrected chi connectivity index (χ1v) is 5.19. The number of rotatable bonds is 4. The Kier molecular flexibility index (Phi) is 4.28. The fourth-order valence-electron chi connectivity index (χ4n) is 1.41. The van der Waals surface area contributed by atoms with Crippen molar-refractivity contribution in [2.24, 2.45) is 0 Å². The molecule has 0 saturated heterocycles. The van der Waals surface area contributed by atoms with Crippen molar-refractivity contribution in [1.82, 2.24) is 0 Å². The molecular weight excluding hydrogens is 209 g/mol. The minimum Gasteiger partial charge on any atom is -0.467 e. The number of aryl methyl sites for hydroxylation is 1. The summed E-state index contributed by atoms with van der Waals surface area (Å²) in [6, 6.07) is 4.21. The lowest BCUT2D eigenvalue weighted by Gasteiger charge is -2.16. The SMILES string of the molecule is CCC(Nc1cc(C)ccc1F)C(=O)OC. The minimum absolute atomic E-state index is 0.331. The van der Waals surface area contributed by atoms with Gasteiger partial charge >= 0.3 is 5.97 Å². The quantitative estimate of drug-likeness (QED) is 0.800. The third-order valence-electron chi connectivity index (χ3n) is 2.35. The summed E-state index contributed by atoms with van der Waals surface area (Å²) in [6.45, 7) is 3.70. The Morgan fingerprint density at radius 2 is 2.25 bits per heavy atom. The number of carbonyl (C=O) groups is 1. The number of nitrogens with one attached hydrogen (secondary N) is 1. The highest BCUT2D eigenvalue weighted by Crippen LogP contribution is 2.17. The van der Waals surface area contributed by atoms with E-state index in [0.29, 0.717) is 12.1 Å². The molecule has 0 amide bonds. The van der Waals surface area contributed by atoms with Gasteiger partial charge in [-0.15, -0.1) is 0 Å². The van der Waals surface area contributed by atoms with Crippen LogP contribution in [-0.4, -0.2) is 19.1 Å². The molecule has 1 unspecified atom stereocenters. The van der Waals surface area contributed by atoms with Gasteiger partial charge in [0.1, 0.15) is 11.9 Å². The Hall–Kier alpha value is -1.58. The smallest absolute Gasteiger partial charge is 0.328 e. The van der Waals surface area contributed by atoms with E-state index in [0.717, 1.165) is 5.56 Å². The van der Waals surface area contributed by atoms with Crippen LogP contribution in [0.15, 0.2) is 18.2 Å². The molecule has 0 aliphatic rings. The first-order chi connectivity index (χ1) is 7.58. The number of hydrogen-bond acceptors (Lipinski definition) is 3. The monoisotopic (exact) mass is 225 g/mol. The number of carbonyl (C=O) groups excluding carboxylic acids is 1. The molecule has 1 aromatic rings. The normalized spacial score (nSPS) is 12.0. The number of halogens is 1. The van der Waals surface area contributed by atoms with Crippen LogP contribution in [0.25, 0.3) is 0 Å². The summed E-state index contributed by atoms with van der Waals surface area (Å²) in [7, 11) is 1.32. The number of hydrogen-bond donors (Lipinski definition) is 1. The summed E-state index contributed by atoms with van der Waals surface area (Å²) in [5.74, 6) is -0.753. The lowest BCUT2D eigenvalue weighted by atomic mass is 10.1. The maximum absolute atomic E-state index is 13.4. The highest BCUT2D eigenvalue weighted by atomic mass is 19.1. The van der Waals surface area contributed by atoms with Gasteiger partial charge in [0.25, 0.3) is 0 Å². The van der Waals surface area contributed by atoms with Crippen LogP contribution in [0.4, 0.5) is 10.1 Å². The van der Waals surface area contributed by atoms with Crippen LogP contribution in [0.5, 0.6) is 0 Å². The molecule has 3 nitrogen and oxygen atoms in total. The Morgan fingerprint density at radius 3 is 2.81 bits per heavy atom. The van der Waals surface area contributed by atoms with Crippen molar-refractivity contribution in [3.63, 3.8) is 0 Å². The number of benzene rings is 1. The van der Waals surface area contributed by atoms with Gasteiger partial charge in [-0.1, -0.05) is 13.0 Å². The average Bonchev–Trinajstić information content (AvgIpc) is 2.29. The molecule has 0 aliphatic heterocycles. The van der Waals surface area contributed by atoms with E-state index in [1.54, 1.807) is 12.1 Å². The third-order valence-corrected chi connectivity index (χ3v) is 2.35. The van der Waals surface area contributed by atoms with Crippen molar-refractivity contribution in [1.29, 1.82) is 0 Å². The first kappa shape index (κ1) is 12.5. The molecule has 1 atom stereocenters. The van der Waals surface area contributed by atoms with Gasteiger partial charge in [0, 0.05) is 0 Å². The van der Waals surface area contributed by atoms with Crippen LogP contribution >= 0.6 is 0 Å². The van der Waals surface area contributed by atoms with Gasteiger partial charge in [-0.25, -0.2) is 9.18 Å². The molecule has 0 saturated carbocycles. The summed E-state index contributed by atoms with van der Waals surface area (Å²) >= 11 is 0. The number of esters is 1. The topological polar surface area (TPSA) is 38.3 Å². The lowest BCUT2D eigenvalue weighted by molar-refractivity contribution is -0.141. The minimum atomic E-state index is -0.513. The van der Waals surface area contributed by atoms with Crippen molar-refractivity contribution < 1.29 is 13.9 Å². The van der Waals surface area contributed by atoms with Crippen molar-refractivity contribution in [3.05, 3.63) is 29.6 Å². The van der Waals surface area contributed by atoms with E-state index < -0.39 is 6.04 Å². The zero-order valence-electron chi connectivity index (χ0n) is 9.71. The van der Waals surface area contributed by atoms with Crippen LogP contribution in [0.2, 0.25) is 0 Å². The molecule has 88 valence electrons. The predicted octanol–water partition coefficient (Wildman–Crippen LogP) is 2.50. The number of ether oxygens (including phenoxy) is 1. The lowest BCUT2D eigenvalue weighted by Crippen LogP contribution is -2.30. The molecule has 4 heteroatoms. The Morgan fingerprint density at radius 1 is 1.56 bits per heavy atom. The van der Waals surface area contributed by atoms with Crippen LogP contribution in [0.3, 0.4) is 0 Å². The molecule has 1 aromatic carbocycles. The molecule has 16 heavy (non-hydrogen) atoms. The summed E-state index contributed by atoms with van der Waals surface area (Å²) < 4.78 is 18.0. The molecule has 0 bridgehead atoms. The van der Waals surface area contributed by atoms with E-state index in [1.165, 1.54) is 13.2 Å². The molecule has 0 spiro atoms. The maximum Gasteiger partial charge on any atom is 0.328 e. The predicted molar refractivity (Wildman–Crippen MR) is 60.9 cm³/mol. The average molecular weight is 225 g/mol. The van der Waals surface area contributed by atoms with Crippen LogP contribution < -0.4 is 5.32 Å². The molecule has 0 fully saturated rings. The van der Waals surface area contributed by atoms with Crippen LogP contribution in [0, 0.1) is 12.7 Å². The van der Waals surface area contributed by atoms with Crippen LogP contribution in [0.1, 0.15) is 18.9 Å². The largest absolute Gasteiger partial charge is 0.467 e. The Labute approximate surface area is 94.6 Å². The first-order valence-electron chi connectivity index (χ1n) is 5.19. The van der Waals surface area contributed by atoms with Gasteiger partial charge < -0.3 is 10.1 Å². The molecular formula is C12H16FNO2. The highest BCUT2D eigenvalue weighted by Gasteiger charge is 2.17. The second-order valence-electron chi connectivity index (χ2n) is 3.61. The van der Waals surface area contributed by atoms with E-state index in [1.807, 2.05) is 13.8 Å². The standard InChI is InChI=1S/C12H16FNO2/c1-4-10(12(15)16-3)14-11-7-8(2)5-6-9(11)13/h5-7,10,14H,4H2,1-3H3. The van der Waals surface area contributed by atoms with E-state index in [2.05, 4.69) is 10.1 Å². The van der Waals surface area contributed by atoms with E-state index in [9.17, 15) is 9.18 Å². The molecule has 0 aliphatic carbocycles. The summed E-state index contributed by atoms with van der Waals surface area (Å²) in [4.78, 5) is 11.3. The van der Waals surface area contributed by atoms with Gasteiger partial charge in [0.2, 0.25) is 0 Å². The Balaban J connectivity index is 2.85. The van der Waals surface area contributed by atoms with E-state index >= 15 is 0 Å². The summed E-state index contributed by atoms with van der Waals surface area (Å²) in [5, 5.41) is 2.84. The van der Waals surface area contributed by atoms with Gasteiger partial charge in [0.15, 0.2) is 0 Å². The molecule has 1 N–H and O–H groups in total. The van der Waals surface area contributed by atoms with Crippen molar-refractivity contribution >= 4 is 11.7 Å². The van der Waals surface area contributed by atoms with Gasteiger partial charge in [0.05, 0.1) is 12.8 Å². The summed E-state index contributed by atoms with van der Waals surface area (Å²) in [6.07, 6.45) is 0.542. The number of anilines is 1. The fourth-order valence-corrected chi connectivity index (χ4v) is 1.41. The van der Waals surface area contributed by atoms with E-state index in [4.69, 9.17) is 0 Å². The second-order valence-corrected chi connectivity index (χ2v) is 3.61. The molecule has 0 aromatic heterocycles. The zero-order valence-corrected chi connectivity index (χ0v) is 9.71.